The van der Waals surface area contributed by atoms with Gasteiger partial charge in [-0.15, -0.1) is 0 Å². The van der Waals surface area contributed by atoms with Crippen LogP contribution >= 0.6 is 0 Å². The lowest BCUT2D eigenvalue weighted by Crippen LogP contribution is -2.50. The Morgan fingerprint density at radius 3 is 2.55 bits per heavy atom. The fourth-order valence-electron chi connectivity index (χ4n) is 4.26. The van der Waals surface area contributed by atoms with Gasteiger partial charge in [-0.05, 0) is 30.3 Å². The van der Waals surface area contributed by atoms with Gasteiger partial charge in [0, 0.05) is 55.8 Å². The van der Waals surface area contributed by atoms with E-state index in [0.717, 1.165) is 65.7 Å². The van der Waals surface area contributed by atoms with E-state index in [1.165, 1.54) is 0 Å². The molecule has 0 spiro atoms. The van der Waals surface area contributed by atoms with Crippen LogP contribution in [-0.2, 0) is 12.8 Å². The Bertz CT molecular complexity index is 888. The molecule has 3 heterocycles. The van der Waals surface area contributed by atoms with Gasteiger partial charge in [0.2, 0.25) is 0 Å². The van der Waals surface area contributed by atoms with E-state index < -0.39 is 0 Å². The number of methoxy groups -OCH3 is 1. The number of anilines is 2. The minimum Gasteiger partial charge on any atom is -0.497 e. The van der Waals surface area contributed by atoms with Crippen LogP contribution in [0.3, 0.4) is 0 Å². The van der Waals surface area contributed by atoms with Crippen molar-refractivity contribution in [3.8, 4) is 17.2 Å². The molecule has 0 bridgehead atoms. The van der Waals surface area contributed by atoms with E-state index in [0.29, 0.717) is 26.3 Å². The molecule has 7 heteroatoms. The van der Waals surface area contributed by atoms with E-state index in [2.05, 4.69) is 28.4 Å². The maximum atomic E-state index is 13.0. The van der Waals surface area contributed by atoms with Crippen LogP contribution in [0.4, 0.5) is 16.2 Å². The summed E-state index contributed by atoms with van der Waals surface area (Å²) >= 11 is 0. The van der Waals surface area contributed by atoms with E-state index >= 15 is 0 Å². The van der Waals surface area contributed by atoms with Crippen LogP contribution in [0.1, 0.15) is 11.1 Å². The van der Waals surface area contributed by atoms with Crippen molar-refractivity contribution in [3.63, 3.8) is 0 Å². The van der Waals surface area contributed by atoms with Crippen LogP contribution in [-0.4, -0.2) is 57.4 Å². The predicted molar refractivity (Wildman–Crippen MR) is 111 cm³/mol. The molecule has 152 valence electrons. The number of ether oxygens (including phenoxy) is 3. The molecule has 1 fully saturated rings. The Balaban J connectivity index is 1.26. The third kappa shape index (κ3) is 3.30. The SMILES string of the molecule is COc1ccc(N2CCN(C(=O)Nc3c4c(cc5c3OCC5)OCC4)CC2)cc1. The number of urea groups is 1. The number of benzene rings is 2. The van der Waals surface area contributed by atoms with Crippen LogP contribution in [0.25, 0.3) is 0 Å². The number of hydrogen-bond donors (Lipinski definition) is 1. The molecule has 5 rings (SSSR count). The van der Waals surface area contributed by atoms with E-state index in [-0.39, 0.29) is 6.03 Å². The average Bonchev–Trinajstić information content (AvgIpc) is 3.43. The number of nitrogens with zero attached hydrogens (tertiary/aromatic N) is 2. The van der Waals surface area contributed by atoms with Crippen LogP contribution in [0.2, 0.25) is 0 Å². The summed E-state index contributed by atoms with van der Waals surface area (Å²) in [7, 11) is 1.67. The lowest BCUT2D eigenvalue weighted by atomic mass is 10.0. The number of hydrogen-bond acceptors (Lipinski definition) is 5. The van der Waals surface area contributed by atoms with Gasteiger partial charge in [0.05, 0.1) is 26.0 Å². The Kier molecular flexibility index (Phi) is 4.58. The summed E-state index contributed by atoms with van der Waals surface area (Å²) < 4.78 is 16.8. The van der Waals surface area contributed by atoms with E-state index in [1.807, 2.05) is 17.0 Å². The topological polar surface area (TPSA) is 63.3 Å². The molecule has 7 nitrogen and oxygen atoms in total. The third-order valence-electron chi connectivity index (χ3n) is 5.89. The third-order valence-corrected chi connectivity index (χ3v) is 5.89. The number of amides is 2. The first-order chi connectivity index (χ1) is 14.2. The van der Waals surface area contributed by atoms with E-state index in [9.17, 15) is 4.79 Å². The second-order valence-corrected chi connectivity index (χ2v) is 7.52. The molecule has 0 atom stereocenters. The van der Waals surface area contributed by atoms with Crippen molar-refractivity contribution >= 4 is 17.4 Å². The van der Waals surface area contributed by atoms with Gasteiger partial charge in [-0.1, -0.05) is 0 Å². The Morgan fingerprint density at radius 2 is 1.79 bits per heavy atom. The van der Waals surface area contributed by atoms with Crippen LogP contribution < -0.4 is 24.4 Å². The monoisotopic (exact) mass is 395 g/mol. The molecule has 1 N–H and O–H groups in total. The van der Waals surface area contributed by atoms with Crippen LogP contribution in [0.15, 0.2) is 30.3 Å². The Morgan fingerprint density at radius 1 is 1.03 bits per heavy atom. The van der Waals surface area contributed by atoms with Crippen molar-refractivity contribution in [2.24, 2.45) is 0 Å². The molecule has 29 heavy (non-hydrogen) atoms. The van der Waals surface area contributed by atoms with Gasteiger partial charge in [0.1, 0.15) is 17.2 Å². The zero-order valence-electron chi connectivity index (χ0n) is 16.6. The van der Waals surface area contributed by atoms with Crippen molar-refractivity contribution < 1.29 is 19.0 Å². The molecule has 1 saturated heterocycles. The number of piperazine rings is 1. The Hall–Kier alpha value is -3.09. The quantitative estimate of drug-likeness (QED) is 0.866. The molecular formula is C22H25N3O4. The zero-order valence-corrected chi connectivity index (χ0v) is 16.6. The second-order valence-electron chi connectivity index (χ2n) is 7.52. The highest BCUT2D eigenvalue weighted by molar-refractivity contribution is 5.93. The van der Waals surface area contributed by atoms with Gasteiger partial charge in [-0.2, -0.15) is 0 Å². The van der Waals surface area contributed by atoms with Gasteiger partial charge >= 0.3 is 6.03 Å². The predicted octanol–water partition coefficient (Wildman–Crippen LogP) is 2.92. The Labute approximate surface area is 170 Å². The first-order valence-electron chi connectivity index (χ1n) is 10.1. The fourth-order valence-corrected chi connectivity index (χ4v) is 4.26. The number of carbonyl (C=O) groups is 1. The van der Waals surface area contributed by atoms with Crippen molar-refractivity contribution in [2.45, 2.75) is 12.8 Å². The van der Waals surface area contributed by atoms with Crippen molar-refractivity contribution in [1.82, 2.24) is 4.90 Å². The number of nitrogens with one attached hydrogen (secondary N) is 1. The molecule has 0 aliphatic carbocycles. The van der Waals surface area contributed by atoms with Crippen molar-refractivity contribution in [2.75, 3.05) is 56.7 Å². The first-order valence-corrected chi connectivity index (χ1v) is 10.1. The normalized spacial score (nSPS) is 17.3. The smallest absolute Gasteiger partial charge is 0.322 e. The molecule has 0 aromatic heterocycles. The highest BCUT2D eigenvalue weighted by Gasteiger charge is 2.29. The van der Waals surface area contributed by atoms with E-state index in [4.69, 9.17) is 14.2 Å². The zero-order chi connectivity index (χ0) is 19.8. The van der Waals surface area contributed by atoms with Gasteiger partial charge in [0.25, 0.3) is 0 Å². The fraction of sp³-hybridized carbons (Fsp3) is 0.409. The van der Waals surface area contributed by atoms with Gasteiger partial charge < -0.3 is 29.3 Å². The van der Waals surface area contributed by atoms with Gasteiger partial charge in [0.15, 0.2) is 0 Å². The number of fused-ring (bicyclic) bond motifs is 2. The molecule has 2 amide bonds. The molecule has 3 aliphatic heterocycles. The maximum absolute atomic E-state index is 13.0. The standard InChI is InChI=1S/C22H25N3O4/c1-27-17-4-2-16(3-5-17)24-8-10-25(11-9-24)22(26)23-20-18-7-13-28-19(18)14-15-6-12-29-21(15)20/h2-5,14H,6-13H2,1H3,(H,23,26). The first kappa shape index (κ1) is 18.0. The lowest BCUT2D eigenvalue weighted by Gasteiger charge is -2.36. The van der Waals surface area contributed by atoms with Crippen LogP contribution in [0.5, 0.6) is 17.2 Å². The highest BCUT2D eigenvalue weighted by Crippen LogP contribution is 2.44. The van der Waals surface area contributed by atoms with E-state index in [1.54, 1.807) is 7.11 Å². The molecule has 2 aromatic carbocycles. The lowest BCUT2D eigenvalue weighted by molar-refractivity contribution is 0.208. The van der Waals surface area contributed by atoms with Gasteiger partial charge in [-0.3, -0.25) is 0 Å². The summed E-state index contributed by atoms with van der Waals surface area (Å²) in [6, 6.07) is 10.0. The molecule has 0 radical (unpaired) electrons. The largest absolute Gasteiger partial charge is 0.497 e. The summed E-state index contributed by atoms with van der Waals surface area (Å²) in [5.74, 6) is 2.55. The van der Waals surface area contributed by atoms with Crippen LogP contribution in [0, 0.1) is 0 Å². The maximum Gasteiger partial charge on any atom is 0.322 e. The highest BCUT2D eigenvalue weighted by atomic mass is 16.5. The summed E-state index contributed by atoms with van der Waals surface area (Å²) in [4.78, 5) is 17.1. The summed E-state index contributed by atoms with van der Waals surface area (Å²) in [5, 5.41) is 3.13. The minimum absolute atomic E-state index is 0.0719. The molecular weight excluding hydrogens is 370 g/mol. The van der Waals surface area contributed by atoms with Crippen molar-refractivity contribution in [1.29, 1.82) is 0 Å². The van der Waals surface area contributed by atoms with Gasteiger partial charge in [-0.25, -0.2) is 4.79 Å². The molecule has 0 saturated carbocycles. The number of carbonyl (C=O) groups excluding carboxylic acids is 1. The summed E-state index contributed by atoms with van der Waals surface area (Å²) in [6.45, 7) is 4.25. The average molecular weight is 395 g/mol. The molecule has 2 aromatic rings. The van der Waals surface area contributed by atoms with Crippen molar-refractivity contribution in [3.05, 3.63) is 41.5 Å². The molecule has 3 aliphatic rings. The summed E-state index contributed by atoms with van der Waals surface area (Å²) in [6.07, 6.45) is 1.65. The minimum atomic E-state index is -0.0719. The number of rotatable bonds is 3. The second kappa shape index (κ2) is 7.39. The molecule has 0 unspecified atom stereocenters. The summed E-state index contributed by atoms with van der Waals surface area (Å²) in [5.41, 5.74) is 4.12.